The van der Waals surface area contributed by atoms with E-state index in [1.165, 1.54) is 6.07 Å². The lowest BCUT2D eigenvalue weighted by Gasteiger charge is -2.08. The molecule has 76 valence electrons. The van der Waals surface area contributed by atoms with Crippen LogP contribution in [0.25, 0.3) is 0 Å². The quantitative estimate of drug-likeness (QED) is 0.477. The Labute approximate surface area is 79.7 Å². The number of rotatable bonds is 3. The van der Waals surface area contributed by atoms with Gasteiger partial charge < -0.3 is 15.9 Å². The summed E-state index contributed by atoms with van der Waals surface area (Å²) in [6, 6.07) is 3.45. The molecular formula is C8H10N2O4. The normalized spacial score (nSPS) is 12.4. The van der Waals surface area contributed by atoms with Gasteiger partial charge in [-0.2, -0.15) is 0 Å². The highest BCUT2D eigenvalue weighted by molar-refractivity contribution is 5.46. The van der Waals surface area contributed by atoms with Crippen LogP contribution in [0.4, 0.5) is 5.69 Å². The van der Waals surface area contributed by atoms with E-state index < -0.39 is 11.0 Å². The van der Waals surface area contributed by atoms with Crippen LogP contribution in [0.3, 0.4) is 0 Å². The summed E-state index contributed by atoms with van der Waals surface area (Å²) in [6.45, 7) is -0.135. The van der Waals surface area contributed by atoms with Gasteiger partial charge >= 0.3 is 0 Å². The predicted molar refractivity (Wildman–Crippen MR) is 48.8 cm³/mol. The maximum absolute atomic E-state index is 10.5. The van der Waals surface area contributed by atoms with Crippen LogP contribution < -0.4 is 5.73 Å². The lowest BCUT2D eigenvalue weighted by molar-refractivity contribution is -0.386. The van der Waals surface area contributed by atoms with Gasteiger partial charge in [-0.15, -0.1) is 0 Å². The number of hydrogen-bond donors (Lipinski definition) is 3. The number of nitrogens with two attached hydrogens (primary N) is 1. The van der Waals surface area contributed by atoms with Crippen LogP contribution in [0.15, 0.2) is 18.2 Å². The summed E-state index contributed by atoms with van der Waals surface area (Å²) in [4.78, 5) is 9.89. The number of nitro benzene ring substituents is 1. The van der Waals surface area contributed by atoms with Crippen molar-refractivity contribution in [2.75, 3.05) is 6.54 Å². The molecule has 0 unspecified atom stereocenters. The first kappa shape index (κ1) is 10.4. The fourth-order valence-corrected chi connectivity index (χ4v) is 1.10. The van der Waals surface area contributed by atoms with Gasteiger partial charge in [0.1, 0.15) is 5.75 Å². The topological polar surface area (TPSA) is 110 Å². The molecule has 0 saturated carbocycles. The Morgan fingerprint density at radius 2 is 2.21 bits per heavy atom. The van der Waals surface area contributed by atoms with E-state index in [2.05, 4.69) is 0 Å². The van der Waals surface area contributed by atoms with Crippen molar-refractivity contribution in [3.63, 3.8) is 0 Å². The number of aliphatic hydroxyl groups excluding tert-OH is 1. The highest BCUT2D eigenvalue weighted by Gasteiger charge is 2.19. The summed E-state index contributed by atoms with van der Waals surface area (Å²) in [6.07, 6.45) is -1.14. The molecule has 0 aliphatic rings. The SMILES string of the molecule is NC[C@@H](O)c1cc(O)ccc1[N+](=O)[O-]. The standard InChI is InChI=1S/C8H10N2O4/c9-4-8(12)6-3-5(11)1-2-7(6)10(13)14/h1-3,8,11-12H,4,9H2/t8-/m1/s1. The summed E-state index contributed by atoms with van der Waals surface area (Å²) >= 11 is 0. The third kappa shape index (κ3) is 1.98. The van der Waals surface area contributed by atoms with E-state index in [4.69, 9.17) is 10.8 Å². The molecule has 0 aliphatic heterocycles. The average Bonchev–Trinajstić information content (AvgIpc) is 2.16. The zero-order valence-corrected chi connectivity index (χ0v) is 7.25. The number of nitro groups is 1. The fourth-order valence-electron chi connectivity index (χ4n) is 1.10. The first-order valence-electron chi connectivity index (χ1n) is 3.91. The summed E-state index contributed by atoms with van der Waals surface area (Å²) in [5.74, 6) is -0.141. The second-order valence-electron chi connectivity index (χ2n) is 2.75. The van der Waals surface area contributed by atoms with Crippen molar-refractivity contribution in [3.05, 3.63) is 33.9 Å². The molecule has 6 nitrogen and oxygen atoms in total. The van der Waals surface area contributed by atoms with Gasteiger partial charge in [0, 0.05) is 12.6 Å². The summed E-state index contributed by atoms with van der Waals surface area (Å²) < 4.78 is 0. The van der Waals surface area contributed by atoms with E-state index >= 15 is 0 Å². The van der Waals surface area contributed by atoms with Crippen molar-refractivity contribution >= 4 is 5.69 Å². The van der Waals surface area contributed by atoms with E-state index in [1.807, 2.05) is 0 Å². The first-order chi connectivity index (χ1) is 6.56. The van der Waals surface area contributed by atoms with Gasteiger partial charge in [-0.25, -0.2) is 0 Å². The Morgan fingerprint density at radius 1 is 1.57 bits per heavy atom. The molecule has 14 heavy (non-hydrogen) atoms. The van der Waals surface area contributed by atoms with Crippen molar-refractivity contribution in [2.24, 2.45) is 5.73 Å². The molecule has 0 aromatic heterocycles. The number of phenols is 1. The number of aliphatic hydroxyl groups is 1. The van der Waals surface area contributed by atoms with E-state index in [0.717, 1.165) is 12.1 Å². The number of phenolic OH excluding ortho intramolecular Hbond substituents is 1. The number of benzene rings is 1. The molecular weight excluding hydrogens is 188 g/mol. The van der Waals surface area contributed by atoms with Crippen LogP contribution >= 0.6 is 0 Å². The summed E-state index contributed by atoms with van der Waals surface area (Å²) in [5.41, 5.74) is 4.95. The zero-order chi connectivity index (χ0) is 10.7. The maximum Gasteiger partial charge on any atom is 0.275 e. The summed E-state index contributed by atoms with van der Waals surface area (Å²) in [5, 5.41) is 29.0. The van der Waals surface area contributed by atoms with Crippen LogP contribution in [0.1, 0.15) is 11.7 Å². The van der Waals surface area contributed by atoms with Gasteiger partial charge in [0.05, 0.1) is 16.6 Å². The monoisotopic (exact) mass is 198 g/mol. The molecule has 0 bridgehead atoms. The second-order valence-corrected chi connectivity index (χ2v) is 2.75. The molecule has 0 spiro atoms. The lowest BCUT2D eigenvalue weighted by atomic mass is 10.1. The number of hydrogen-bond acceptors (Lipinski definition) is 5. The van der Waals surface area contributed by atoms with Gasteiger partial charge in [0.2, 0.25) is 0 Å². The second kappa shape index (κ2) is 4.03. The zero-order valence-electron chi connectivity index (χ0n) is 7.25. The summed E-state index contributed by atoms with van der Waals surface area (Å²) in [7, 11) is 0. The highest BCUT2D eigenvalue weighted by atomic mass is 16.6. The van der Waals surface area contributed by atoms with Crippen LogP contribution in [-0.4, -0.2) is 21.7 Å². The minimum absolute atomic E-state index is 0.0255. The van der Waals surface area contributed by atoms with Crippen molar-refractivity contribution < 1.29 is 15.1 Å². The third-order valence-corrected chi connectivity index (χ3v) is 1.79. The molecule has 1 atom stereocenters. The minimum Gasteiger partial charge on any atom is -0.508 e. The molecule has 0 fully saturated rings. The molecule has 0 radical (unpaired) electrons. The largest absolute Gasteiger partial charge is 0.508 e. The minimum atomic E-state index is -1.14. The van der Waals surface area contributed by atoms with E-state index in [0.29, 0.717) is 0 Å². The van der Waals surface area contributed by atoms with Gasteiger partial charge in [-0.1, -0.05) is 0 Å². The maximum atomic E-state index is 10.5. The molecule has 0 aliphatic carbocycles. The predicted octanol–water partition coefficient (Wildman–Crippen LogP) is 0.292. The van der Waals surface area contributed by atoms with Crippen LogP contribution in [0.2, 0.25) is 0 Å². The third-order valence-electron chi connectivity index (χ3n) is 1.79. The van der Waals surface area contributed by atoms with Crippen molar-refractivity contribution in [2.45, 2.75) is 6.10 Å². The number of nitrogens with zero attached hydrogens (tertiary/aromatic N) is 1. The molecule has 6 heteroatoms. The Hall–Kier alpha value is -1.66. The first-order valence-corrected chi connectivity index (χ1v) is 3.91. The smallest absolute Gasteiger partial charge is 0.275 e. The molecule has 0 heterocycles. The van der Waals surface area contributed by atoms with Gasteiger partial charge in [0.25, 0.3) is 5.69 Å². The van der Waals surface area contributed by atoms with Crippen molar-refractivity contribution in [1.29, 1.82) is 0 Å². The Kier molecular flexibility index (Phi) is 3.00. The average molecular weight is 198 g/mol. The highest BCUT2D eigenvalue weighted by Crippen LogP contribution is 2.28. The lowest BCUT2D eigenvalue weighted by Crippen LogP contribution is -2.13. The molecule has 1 aromatic carbocycles. The Balaban J connectivity index is 3.22. The van der Waals surface area contributed by atoms with E-state index in [1.54, 1.807) is 0 Å². The van der Waals surface area contributed by atoms with Crippen LogP contribution in [0, 0.1) is 10.1 Å². The Bertz CT molecular complexity index is 353. The Morgan fingerprint density at radius 3 is 2.71 bits per heavy atom. The van der Waals surface area contributed by atoms with Gasteiger partial charge in [-0.05, 0) is 12.1 Å². The van der Waals surface area contributed by atoms with E-state index in [-0.39, 0.29) is 23.5 Å². The molecule has 1 rings (SSSR count). The molecule has 0 amide bonds. The van der Waals surface area contributed by atoms with Gasteiger partial charge in [0.15, 0.2) is 0 Å². The van der Waals surface area contributed by atoms with Crippen molar-refractivity contribution in [1.82, 2.24) is 0 Å². The molecule has 4 N–H and O–H groups in total. The molecule has 1 aromatic rings. The van der Waals surface area contributed by atoms with E-state index in [9.17, 15) is 15.2 Å². The number of aromatic hydroxyl groups is 1. The van der Waals surface area contributed by atoms with Gasteiger partial charge in [-0.3, -0.25) is 10.1 Å². The van der Waals surface area contributed by atoms with Crippen LogP contribution in [0.5, 0.6) is 5.75 Å². The molecule has 0 saturated heterocycles. The fraction of sp³-hybridized carbons (Fsp3) is 0.250. The van der Waals surface area contributed by atoms with Crippen LogP contribution in [-0.2, 0) is 0 Å². The van der Waals surface area contributed by atoms with Crippen molar-refractivity contribution in [3.8, 4) is 5.75 Å².